The van der Waals surface area contributed by atoms with Gasteiger partial charge in [0, 0.05) is 6.54 Å². The Morgan fingerprint density at radius 1 is 0.611 bits per heavy atom. The molecule has 0 rings (SSSR count). The van der Waals surface area contributed by atoms with Crippen LogP contribution in [-0.4, -0.2) is 36.2 Å². The topological polar surface area (TPSA) is 23.5 Å². The van der Waals surface area contributed by atoms with Crippen molar-refractivity contribution in [2.75, 3.05) is 26.2 Å². The van der Waals surface area contributed by atoms with Crippen molar-refractivity contribution in [3.05, 3.63) is 0 Å². The first-order chi connectivity index (χ1) is 8.85. The van der Waals surface area contributed by atoms with E-state index in [1.807, 2.05) is 0 Å². The summed E-state index contributed by atoms with van der Waals surface area (Å²) in [6.45, 7) is 8.05. The van der Waals surface area contributed by atoms with Gasteiger partial charge in [0.15, 0.2) is 0 Å². The van der Waals surface area contributed by atoms with E-state index in [4.69, 9.17) is 5.11 Å². The van der Waals surface area contributed by atoms with Gasteiger partial charge in [-0.3, -0.25) is 0 Å². The lowest BCUT2D eigenvalue weighted by Gasteiger charge is -2.21. The second-order valence-corrected chi connectivity index (χ2v) is 5.39. The van der Waals surface area contributed by atoms with E-state index >= 15 is 0 Å². The standard InChI is InChI=1S/C16H35NO/c1-3-5-7-9-11-13-17(15-16-18)14-12-10-8-6-4-2/h18H,3-16H2,1-2H3. The van der Waals surface area contributed by atoms with Crippen LogP contribution in [-0.2, 0) is 0 Å². The molecule has 0 spiro atoms. The van der Waals surface area contributed by atoms with Gasteiger partial charge in [0.05, 0.1) is 6.61 Å². The summed E-state index contributed by atoms with van der Waals surface area (Å²) < 4.78 is 0. The SMILES string of the molecule is CCCCCCCN(CCO)CCCCCCC. The minimum atomic E-state index is 0.309. The van der Waals surface area contributed by atoms with Crippen molar-refractivity contribution in [2.24, 2.45) is 0 Å². The highest BCUT2D eigenvalue weighted by Crippen LogP contribution is 2.07. The van der Waals surface area contributed by atoms with E-state index < -0.39 is 0 Å². The molecule has 110 valence electrons. The third kappa shape index (κ3) is 12.4. The van der Waals surface area contributed by atoms with E-state index in [1.165, 1.54) is 77.3 Å². The normalized spacial score (nSPS) is 11.3. The number of aliphatic hydroxyl groups excluding tert-OH is 1. The van der Waals surface area contributed by atoms with Crippen LogP contribution in [0.1, 0.15) is 78.1 Å². The lowest BCUT2D eigenvalue weighted by Crippen LogP contribution is -2.29. The average Bonchev–Trinajstić information content (AvgIpc) is 2.38. The number of unbranched alkanes of at least 4 members (excludes halogenated alkanes) is 8. The molecule has 2 nitrogen and oxygen atoms in total. The fourth-order valence-electron chi connectivity index (χ4n) is 2.35. The van der Waals surface area contributed by atoms with Crippen LogP contribution in [0.25, 0.3) is 0 Å². The van der Waals surface area contributed by atoms with E-state index in [9.17, 15) is 0 Å². The second-order valence-electron chi connectivity index (χ2n) is 5.39. The molecule has 0 unspecified atom stereocenters. The van der Waals surface area contributed by atoms with Gasteiger partial charge in [0.25, 0.3) is 0 Å². The van der Waals surface area contributed by atoms with Crippen molar-refractivity contribution < 1.29 is 5.11 Å². The van der Waals surface area contributed by atoms with Crippen LogP contribution in [0.5, 0.6) is 0 Å². The first-order valence-electron chi connectivity index (χ1n) is 8.18. The molecule has 18 heavy (non-hydrogen) atoms. The molecule has 2 heteroatoms. The summed E-state index contributed by atoms with van der Waals surface area (Å²) >= 11 is 0. The van der Waals surface area contributed by atoms with E-state index in [-0.39, 0.29) is 0 Å². The average molecular weight is 257 g/mol. The zero-order chi connectivity index (χ0) is 13.5. The highest BCUT2D eigenvalue weighted by Gasteiger charge is 2.03. The van der Waals surface area contributed by atoms with Crippen molar-refractivity contribution in [1.29, 1.82) is 0 Å². The summed E-state index contributed by atoms with van der Waals surface area (Å²) in [5.41, 5.74) is 0. The Morgan fingerprint density at radius 3 is 1.44 bits per heavy atom. The van der Waals surface area contributed by atoms with E-state index in [2.05, 4.69) is 18.7 Å². The molecule has 0 atom stereocenters. The zero-order valence-electron chi connectivity index (χ0n) is 12.8. The highest BCUT2D eigenvalue weighted by atomic mass is 16.3. The molecule has 0 aliphatic rings. The van der Waals surface area contributed by atoms with Crippen molar-refractivity contribution in [2.45, 2.75) is 78.1 Å². The van der Waals surface area contributed by atoms with Crippen molar-refractivity contribution in [3.8, 4) is 0 Å². The molecule has 0 aromatic carbocycles. The van der Waals surface area contributed by atoms with Crippen LogP contribution in [0.3, 0.4) is 0 Å². The third-order valence-corrected chi connectivity index (χ3v) is 3.57. The van der Waals surface area contributed by atoms with Gasteiger partial charge in [0.2, 0.25) is 0 Å². The van der Waals surface area contributed by atoms with Gasteiger partial charge in [0.1, 0.15) is 0 Å². The van der Waals surface area contributed by atoms with Crippen LogP contribution in [0, 0.1) is 0 Å². The van der Waals surface area contributed by atoms with Gasteiger partial charge < -0.3 is 10.0 Å². The summed E-state index contributed by atoms with van der Waals surface area (Å²) in [4.78, 5) is 2.44. The molecule has 0 saturated carbocycles. The number of hydrogen-bond acceptors (Lipinski definition) is 2. The first kappa shape index (κ1) is 17.9. The second kappa shape index (κ2) is 15.0. The van der Waals surface area contributed by atoms with Crippen LogP contribution in [0.2, 0.25) is 0 Å². The molecule has 1 N–H and O–H groups in total. The van der Waals surface area contributed by atoms with E-state index in [0.29, 0.717) is 6.61 Å². The number of rotatable bonds is 14. The molecule has 0 aromatic rings. The molecule has 0 heterocycles. The summed E-state index contributed by atoms with van der Waals surface area (Å²) in [6, 6.07) is 0. The largest absolute Gasteiger partial charge is 0.395 e. The van der Waals surface area contributed by atoms with Crippen molar-refractivity contribution in [1.82, 2.24) is 4.90 Å². The molecule has 0 bridgehead atoms. The lowest BCUT2D eigenvalue weighted by atomic mass is 10.1. The molecule has 0 aliphatic carbocycles. The smallest absolute Gasteiger partial charge is 0.0558 e. The van der Waals surface area contributed by atoms with Crippen LogP contribution < -0.4 is 0 Å². The van der Waals surface area contributed by atoms with Crippen molar-refractivity contribution >= 4 is 0 Å². The summed E-state index contributed by atoms with van der Waals surface area (Å²) in [7, 11) is 0. The van der Waals surface area contributed by atoms with Gasteiger partial charge in [-0.25, -0.2) is 0 Å². The predicted octanol–water partition coefficient (Wildman–Crippen LogP) is 4.22. The summed E-state index contributed by atoms with van der Waals surface area (Å²) in [5.74, 6) is 0. The fraction of sp³-hybridized carbons (Fsp3) is 1.00. The van der Waals surface area contributed by atoms with Gasteiger partial charge in [-0.05, 0) is 25.9 Å². The Hall–Kier alpha value is -0.0800. The molecular weight excluding hydrogens is 222 g/mol. The molecular formula is C16H35NO. The molecule has 0 aliphatic heterocycles. The Kier molecular flexibility index (Phi) is 14.9. The Labute approximate surface area is 115 Å². The molecule has 0 aromatic heterocycles. The molecule has 0 fully saturated rings. The first-order valence-corrected chi connectivity index (χ1v) is 8.18. The van der Waals surface area contributed by atoms with E-state index in [0.717, 1.165) is 6.54 Å². The van der Waals surface area contributed by atoms with Gasteiger partial charge in [-0.1, -0.05) is 65.2 Å². The number of nitrogens with zero attached hydrogens (tertiary/aromatic N) is 1. The summed E-state index contributed by atoms with van der Waals surface area (Å²) in [5, 5.41) is 9.08. The summed E-state index contributed by atoms with van der Waals surface area (Å²) in [6.07, 6.45) is 13.4. The zero-order valence-corrected chi connectivity index (χ0v) is 12.8. The number of hydrogen-bond donors (Lipinski definition) is 1. The van der Waals surface area contributed by atoms with Gasteiger partial charge in [-0.15, -0.1) is 0 Å². The monoisotopic (exact) mass is 257 g/mol. The molecule has 0 amide bonds. The molecule has 0 saturated heterocycles. The van der Waals surface area contributed by atoms with Crippen LogP contribution in [0.15, 0.2) is 0 Å². The maximum atomic E-state index is 9.08. The van der Waals surface area contributed by atoms with E-state index in [1.54, 1.807) is 0 Å². The maximum absolute atomic E-state index is 9.08. The lowest BCUT2D eigenvalue weighted by molar-refractivity contribution is 0.190. The minimum Gasteiger partial charge on any atom is -0.395 e. The Bertz CT molecular complexity index is 136. The van der Waals surface area contributed by atoms with Crippen LogP contribution >= 0.6 is 0 Å². The molecule has 0 radical (unpaired) electrons. The van der Waals surface area contributed by atoms with Crippen molar-refractivity contribution in [3.63, 3.8) is 0 Å². The predicted molar refractivity (Wildman–Crippen MR) is 81.0 cm³/mol. The minimum absolute atomic E-state index is 0.309. The van der Waals surface area contributed by atoms with Crippen LogP contribution in [0.4, 0.5) is 0 Å². The fourth-order valence-corrected chi connectivity index (χ4v) is 2.35. The Balaban J connectivity index is 3.45. The number of aliphatic hydroxyl groups is 1. The van der Waals surface area contributed by atoms with Gasteiger partial charge in [-0.2, -0.15) is 0 Å². The quantitative estimate of drug-likeness (QED) is 0.471. The van der Waals surface area contributed by atoms with Gasteiger partial charge >= 0.3 is 0 Å². The third-order valence-electron chi connectivity index (χ3n) is 3.57. The highest BCUT2D eigenvalue weighted by molar-refractivity contribution is 4.58. The maximum Gasteiger partial charge on any atom is 0.0558 e. The Morgan fingerprint density at radius 2 is 1.06 bits per heavy atom.